The van der Waals surface area contributed by atoms with Crippen molar-refractivity contribution in [2.75, 3.05) is 0 Å². The van der Waals surface area contributed by atoms with Gasteiger partial charge in [-0.15, -0.1) is 0 Å². The Hall–Kier alpha value is -1.77. The third kappa shape index (κ3) is 3.94. The molecule has 0 atom stereocenters. The molecule has 0 bridgehead atoms. The minimum absolute atomic E-state index is 0.319. The van der Waals surface area contributed by atoms with Crippen molar-refractivity contribution < 1.29 is 9.53 Å². The third-order valence-corrected chi connectivity index (χ3v) is 2.77. The Morgan fingerprint density at radius 2 is 2.06 bits per heavy atom. The van der Waals surface area contributed by atoms with E-state index in [1.165, 1.54) is 6.42 Å². The largest absolute Gasteiger partial charge is 0.444 e. The van der Waals surface area contributed by atoms with Crippen LogP contribution in [0.4, 0.5) is 4.79 Å². The standard InChI is InChI=1S/C14H17NO2/c16-14(15-13-9-5-2-6-10-13)17-11-12-7-3-1-4-8-12/h1,3-4,7-9H,2,5-6,10-11H2,(H,15,16). The lowest BCUT2D eigenvalue weighted by atomic mass is 10.1. The molecule has 0 spiro atoms. The van der Waals surface area contributed by atoms with Crippen molar-refractivity contribution >= 4 is 6.09 Å². The molecule has 0 fully saturated rings. The summed E-state index contributed by atoms with van der Waals surface area (Å²) >= 11 is 0. The van der Waals surface area contributed by atoms with Gasteiger partial charge in [0, 0.05) is 5.70 Å². The highest BCUT2D eigenvalue weighted by Crippen LogP contribution is 2.15. The molecule has 1 aliphatic carbocycles. The fourth-order valence-electron chi connectivity index (χ4n) is 1.84. The van der Waals surface area contributed by atoms with Crippen LogP contribution in [0.2, 0.25) is 0 Å². The molecular formula is C14H17NO2. The van der Waals surface area contributed by atoms with Crippen molar-refractivity contribution in [1.29, 1.82) is 0 Å². The number of hydrogen-bond donors (Lipinski definition) is 1. The van der Waals surface area contributed by atoms with Crippen LogP contribution < -0.4 is 5.32 Å². The average molecular weight is 231 g/mol. The van der Waals surface area contributed by atoms with Gasteiger partial charge in [0.1, 0.15) is 6.61 Å². The minimum atomic E-state index is -0.359. The highest BCUT2D eigenvalue weighted by atomic mass is 16.5. The predicted molar refractivity (Wildman–Crippen MR) is 66.3 cm³/mol. The van der Waals surface area contributed by atoms with Crippen molar-refractivity contribution in [3.05, 3.63) is 47.7 Å². The quantitative estimate of drug-likeness (QED) is 0.866. The molecule has 0 unspecified atom stereocenters. The Labute approximate surface area is 101 Å². The van der Waals surface area contributed by atoms with Crippen LogP contribution in [-0.4, -0.2) is 6.09 Å². The van der Waals surface area contributed by atoms with Gasteiger partial charge in [-0.25, -0.2) is 4.79 Å². The van der Waals surface area contributed by atoms with E-state index < -0.39 is 0 Å². The second-order valence-corrected chi connectivity index (χ2v) is 4.16. The molecule has 1 N–H and O–H groups in total. The van der Waals surface area contributed by atoms with E-state index in [1.54, 1.807) is 0 Å². The highest BCUT2D eigenvalue weighted by molar-refractivity contribution is 5.69. The number of ether oxygens (including phenoxy) is 1. The topological polar surface area (TPSA) is 38.3 Å². The zero-order valence-electron chi connectivity index (χ0n) is 9.82. The summed E-state index contributed by atoms with van der Waals surface area (Å²) in [6.45, 7) is 0.319. The van der Waals surface area contributed by atoms with Crippen LogP contribution in [-0.2, 0) is 11.3 Å². The van der Waals surface area contributed by atoms with Gasteiger partial charge in [-0.05, 0) is 31.2 Å². The van der Waals surface area contributed by atoms with Crippen molar-refractivity contribution in [3.63, 3.8) is 0 Å². The van der Waals surface area contributed by atoms with Crippen molar-refractivity contribution in [2.24, 2.45) is 0 Å². The molecule has 0 saturated heterocycles. The molecule has 1 amide bonds. The number of amides is 1. The molecule has 17 heavy (non-hydrogen) atoms. The van der Waals surface area contributed by atoms with Gasteiger partial charge in [0.15, 0.2) is 0 Å². The van der Waals surface area contributed by atoms with Gasteiger partial charge in [-0.3, -0.25) is 5.32 Å². The second-order valence-electron chi connectivity index (χ2n) is 4.16. The maximum Gasteiger partial charge on any atom is 0.411 e. The fourth-order valence-corrected chi connectivity index (χ4v) is 1.84. The molecule has 0 aromatic heterocycles. The summed E-state index contributed by atoms with van der Waals surface area (Å²) < 4.78 is 5.14. The number of benzene rings is 1. The lowest BCUT2D eigenvalue weighted by Crippen LogP contribution is -2.24. The summed E-state index contributed by atoms with van der Waals surface area (Å²) in [5.74, 6) is 0. The number of carbonyl (C=O) groups is 1. The van der Waals surface area contributed by atoms with E-state index in [2.05, 4.69) is 11.4 Å². The van der Waals surface area contributed by atoms with Crippen molar-refractivity contribution in [2.45, 2.75) is 32.3 Å². The van der Waals surface area contributed by atoms with Gasteiger partial charge in [-0.1, -0.05) is 36.4 Å². The zero-order chi connectivity index (χ0) is 11.9. The molecule has 3 heteroatoms. The molecule has 1 aromatic carbocycles. The van der Waals surface area contributed by atoms with E-state index in [-0.39, 0.29) is 6.09 Å². The highest BCUT2D eigenvalue weighted by Gasteiger charge is 2.08. The Morgan fingerprint density at radius 1 is 1.24 bits per heavy atom. The Bertz CT molecular complexity index is 398. The molecule has 0 aliphatic heterocycles. The monoisotopic (exact) mass is 231 g/mol. The van der Waals surface area contributed by atoms with Crippen LogP contribution in [0.1, 0.15) is 31.2 Å². The summed E-state index contributed by atoms with van der Waals surface area (Å²) in [4.78, 5) is 11.5. The molecule has 0 saturated carbocycles. The first-order valence-electron chi connectivity index (χ1n) is 6.01. The lowest BCUT2D eigenvalue weighted by molar-refractivity contribution is 0.142. The molecule has 0 radical (unpaired) electrons. The Balaban J connectivity index is 1.76. The van der Waals surface area contributed by atoms with Gasteiger partial charge in [0.2, 0.25) is 0 Å². The number of carbonyl (C=O) groups excluding carboxylic acids is 1. The van der Waals surface area contributed by atoms with E-state index >= 15 is 0 Å². The number of rotatable bonds is 3. The van der Waals surface area contributed by atoms with Crippen molar-refractivity contribution in [3.8, 4) is 0 Å². The average Bonchev–Trinajstić information content (AvgIpc) is 2.39. The molecule has 3 nitrogen and oxygen atoms in total. The third-order valence-electron chi connectivity index (χ3n) is 2.77. The van der Waals surface area contributed by atoms with Gasteiger partial charge >= 0.3 is 6.09 Å². The summed E-state index contributed by atoms with van der Waals surface area (Å²) in [5, 5.41) is 2.79. The normalized spacial score (nSPS) is 14.9. The molecule has 1 aromatic rings. The number of alkyl carbamates (subject to hydrolysis) is 1. The predicted octanol–water partition coefficient (Wildman–Crippen LogP) is 3.37. The summed E-state index contributed by atoms with van der Waals surface area (Å²) in [5.41, 5.74) is 1.99. The SMILES string of the molecule is O=C(NC1=CCCCC1)OCc1ccccc1. The van der Waals surface area contributed by atoms with Crippen LogP contribution in [0, 0.1) is 0 Å². The van der Waals surface area contributed by atoms with Crippen LogP contribution in [0.3, 0.4) is 0 Å². The van der Waals surface area contributed by atoms with E-state index in [4.69, 9.17) is 4.74 Å². The number of allylic oxidation sites excluding steroid dienone is 2. The van der Waals surface area contributed by atoms with Crippen molar-refractivity contribution in [1.82, 2.24) is 5.32 Å². The van der Waals surface area contributed by atoms with Gasteiger partial charge in [0.25, 0.3) is 0 Å². The summed E-state index contributed by atoms with van der Waals surface area (Å²) in [6.07, 6.45) is 6.07. The Kier molecular flexibility index (Phi) is 4.19. The van der Waals surface area contributed by atoms with Crippen LogP contribution in [0.25, 0.3) is 0 Å². The van der Waals surface area contributed by atoms with E-state index in [9.17, 15) is 4.79 Å². The molecule has 1 aliphatic rings. The maximum absolute atomic E-state index is 11.5. The maximum atomic E-state index is 11.5. The van der Waals surface area contributed by atoms with Gasteiger partial charge < -0.3 is 4.74 Å². The fraction of sp³-hybridized carbons (Fsp3) is 0.357. The molecule has 90 valence electrons. The first-order chi connectivity index (χ1) is 8.34. The van der Waals surface area contributed by atoms with Gasteiger partial charge in [0.05, 0.1) is 0 Å². The minimum Gasteiger partial charge on any atom is -0.444 e. The molecule has 0 heterocycles. The summed E-state index contributed by atoms with van der Waals surface area (Å²) in [7, 11) is 0. The smallest absolute Gasteiger partial charge is 0.411 e. The second kappa shape index (κ2) is 6.09. The first-order valence-corrected chi connectivity index (χ1v) is 6.01. The lowest BCUT2D eigenvalue weighted by Gasteiger charge is -2.13. The zero-order valence-corrected chi connectivity index (χ0v) is 9.82. The van der Waals surface area contributed by atoms with Crippen LogP contribution in [0.5, 0.6) is 0 Å². The Morgan fingerprint density at radius 3 is 2.76 bits per heavy atom. The number of hydrogen-bond acceptors (Lipinski definition) is 2. The van der Waals surface area contributed by atoms with Gasteiger partial charge in [-0.2, -0.15) is 0 Å². The van der Waals surface area contributed by atoms with Crippen LogP contribution in [0.15, 0.2) is 42.1 Å². The van der Waals surface area contributed by atoms with E-state index in [0.717, 1.165) is 30.5 Å². The molecule has 2 rings (SSSR count). The van der Waals surface area contributed by atoms with E-state index in [0.29, 0.717) is 6.61 Å². The number of nitrogens with one attached hydrogen (secondary N) is 1. The van der Waals surface area contributed by atoms with Crippen LogP contribution >= 0.6 is 0 Å². The molecular weight excluding hydrogens is 214 g/mol. The summed E-state index contributed by atoms with van der Waals surface area (Å²) in [6, 6.07) is 9.68. The first kappa shape index (κ1) is 11.7. The van der Waals surface area contributed by atoms with E-state index in [1.807, 2.05) is 30.3 Å².